The molecule has 0 N–H and O–H groups in total. The van der Waals surface area contributed by atoms with Gasteiger partial charge in [0.05, 0.1) is 16.3 Å². The summed E-state index contributed by atoms with van der Waals surface area (Å²) >= 11 is 8.56. The number of halogens is 1. The van der Waals surface area contributed by atoms with E-state index >= 15 is 0 Å². The average Bonchev–Trinajstić information content (AvgIpc) is 3.60. The van der Waals surface area contributed by atoms with Gasteiger partial charge in [-0.15, -0.1) is 34.0 Å². The lowest BCUT2D eigenvalue weighted by molar-refractivity contribution is -0.125. The van der Waals surface area contributed by atoms with Crippen LogP contribution < -0.4 is 0 Å². The molecule has 0 radical (unpaired) electrons. The van der Waals surface area contributed by atoms with Crippen LogP contribution in [0.2, 0.25) is 0 Å². The molecule has 1 aliphatic heterocycles. The summed E-state index contributed by atoms with van der Waals surface area (Å²) in [6, 6.07) is 16.4. The van der Waals surface area contributed by atoms with Crippen molar-refractivity contribution in [3.63, 3.8) is 0 Å². The first-order chi connectivity index (χ1) is 15.7. The Morgan fingerprint density at radius 2 is 1.84 bits per heavy atom. The maximum Gasteiger partial charge on any atom is 0.255 e. The molecule has 3 nitrogen and oxygen atoms in total. The van der Waals surface area contributed by atoms with Crippen molar-refractivity contribution in [2.45, 2.75) is 18.8 Å². The second-order valence-corrected chi connectivity index (χ2v) is 11.4. The standard InChI is InChI=1S/C25H21BrN2OS3/c26-19-5-1-4-18(14-19)22-16-32-24(27-22)17-8-10-28(11-9-17)25(29)21(23-7-3-13-31-23)15-20-6-2-12-30-20/h1-7,12-17H,8-11H2. The number of aromatic nitrogens is 1. The predicted molar refractivity (Wildman–Crippen MR) is 140 cm³/mol. The fourth-order valence-corrected chi connectivity index (χ4v) is 6.73. The molecule has 1 amide bonds. The SMILES string of the molecule is O=C(C(=Cc1cccs1)c1cccs1)N1CCC(c2nc(-c3cccc(Br)c3)cs2)CC1. The summed E-state index contributed by atoms with van der Waals surface area (Å²) in [5.74, 6) is 0.546. The minimum Gasteiger partial charge on any atom is -0.339 e. The number of hydrogen-bond donors (Lipinski definition) is 0. The number of rotatable bonds is 5. The van der Waals surface area contributed by atoms with E-state index in [1.165, 1.54) is 5.01 Å². The van der Waals surface area contributed by atoms with E-state index in [0.717, 1.165) is 57.0 Å². The summed E-state index contributed by atoms with van der Waals surface area (Å²) in [7, 11) is 0. The third-order valence-corrected chi connectivity index (χ3v) is 8.84. The molecule has 4 aromatic rings. The van der Waals surface area contributed by atoms with Gasteiger partial charge in [-0.25, -0.2) is 4.98 Å². The molecule has 1 aliphatic rings. The number of benzene rings is 1. The van der Waals surface area contributed by atoms with Crippen LogP contribution in [0.5, 0.6) is 0 Å². The van der Waals surface area contributed by atoms with E-state index in [1.54, 1.807) is 34.0 Å². The van der Waals surface area contributed by atoms with Crippen molar-refractivity contribution in [3.8, 4) is 11.3 Å². The molecule has 3 aromatic heterocycles. The van der Waals surface area contributed by atoms with Crippen LogP contribution in [0.4, 0.5) is 0 Å². The van der Waals surface area contributed by atoms with Crippen LogP contribution in [0.3, 0.4) is 0 Å². The first-order valence-corrected chi connectivity index (χ1v) is 13.9. The quantitative estimate of drug-likeness (QED) is 0.243. The molecular formula is C25H21BrN2OS3. The molecule has 0 spiro atoms. The van der Waals surface area contributed by atoms with E-state index in [0.29, 0.717) is 5.92 Å². The number of carbonyl (C=O) groups excluding carboxylic acids is 1. The predicted octanol–water partition coefficient (Wildman–Crippen LogP) is 7.64. The fourth-order valence-electron chi connectivity index (χ4n) is 3.94. The van der Waals surface area contributed by atoms with Gasteiger partial charge in [-0.1, -0.05) is 40.2 Å². The Bertz CT molecular complexity index is 1220. The Hall–Kier alpha value is -2.06. The van der Waals surface area contributed by atoms with E-state index in [1.807, 2.05) is 52.1 Å². The highest BCUT2D eigenvalue weighted by atomic mass is 79.9. The molecule has 7 heteroatoms. The monoisotopic (exact) mass is 540 g/mol. The van der Waals surface area contributed by atoms with Gasteiger partial charge in [-0.3, -0.25) is 4.79 Å². The topological polar surface area (TPSA) is 33.2 Å². The highest BCUT2D eigenvalue weighted by molar-refractivity contribution is 9.10. The molecule has 1 fully saturated rings. The summed E-state index contributed by atoms with van der Waals surface area (Å²) in [5.41, 5.74) is 2.96. The molecule has 0 bridgehead atoms. The third-order valence-electron chi connectivity index (χ3n) is 5.62. The van der Waals surface area contributed by atoms with Gasteiger partial charge in [0, 0.05) is 44.2 Å². The van der Waals surface area contributed by atoms with Crippen molar-refractivity contribution in [2.75, 3.05) is 13.1 Å². The van der Waals surface area contributed by atoms with Crippen molar-refractivity contribution in [3.05, 3.63) is 83.9 Å². The summed E-state index contributed by atoms with van der Waals surface area (Å²) in [4.78, 5) is 22.5. The maximum absolute atomic E-state index is 13.4. The lowest BCUT2D eigenvalue weighted by atomic mass is 9.96. The average molecular weight is 542 g/mol. The van der Waals surface area contributed by atoms with Crippen LogP contribution in [0, 0.1) is 0 Å². The smallest absolute Gasteiger partial charge is 0.255 e. The molecule has 1 aromatic carbocycles. The molecule has 0 atom stereocenters. The largest absolute Gasteiger partial charge is 0.339 e. The second-order valence-electron chi connectivity index (χ2n) is 7.70. The van der Waals surface area contributed by atoms with Gasteiger partial charge < -0.3 is 4.90 Å². The van der Waals surface area contributed by atoms with E-state index in [-0.39, 0.29) is 5.91 Å². The van der Waals surface area contributed by atoms with Crippen molar-refractivity contribution in [1.29, 1.82) is 0 Å². The van der Waals surface area contributed by atoms with Gasteiger partial charge in [0.2, 0.25) is 0 Å². The van der Waals surface area contributed by atoms with Crippen LogP contribution in [0.1, 0.15) is 33.5 Å². The van der Waals surface area contributed by atoms with Gasteiger partial charge >= 0.3 is 0 Å². The third kappa shape index (κ3) is 4.81. The van der Waals surface area contributed by atoms with E-state index in [4.69, 9.17) is 4.98 Å². The van der Waals surface area contributed by atoms with Gasteiger partial charge in [-0.05, 0) is 53.9 Å². The highest BCUT2D eigenvalue weighted by Crippen LogP contribution is 2.35. The Morgan fingerprint density at radius 1 is 1.03 bits per heavy atom. The lowest BCUT2D eigenvalue weighted by Crippen LogP contribution is -2.38. The van der Waals surface area contributed by atoms with Crippen LogP contribution in [0.25, 0.3) is 22.9 Å². The zero-order valence-corrected chi connectivity index (χ0v) is 21.3. The fraction of sp³-hybridized carbons (Fsp3) is 0.200. The number of likely N-dealkylation sites (tertiary alicyclic amines) is 1. The molecular weight excluding hydrogens is 520 g/mol. The normalized spacial score (nSPS) is 15.3. The molecule has 0 saturated carbocycles. The van der Waals surface area contributed by atoms with Crippen LogP contribution >= 0.6 is 49.9 Å². The van der Waals surface area contributed by atoms with Crippen molar-refractivity contribution in [1.82, 2.24) is 9.88 Å². The first kappa shape index (κ1) is 21.8. The zero-order chi connectivity index (χ0) is 21.9. The van der Waals surface area contributed by atoms with E-state index in [9.17, 15) is 4.79 Å². The van der Waals surface area contributed by atoms with Crippen LogP contribution in [-0.2, 0) is 4.79 Å². The van der Waals surface area contributed by atoms with Gasteiger partial charge in [0.15, 0.2) is 0 Å². The van der Waals surface area contributed by atoms with Crippen LogP contribution in [-0.4, -0.2) is 28.9 Å². The van der Waals surface area contributed by atoms with Crippen LogP contribution in [0.15, 0.2) is 69.1 Å². The molecule has 0 unspecified atom stereocenters. The summed E-state index contributed by atoms with van der Waals surface area (Å²) in [6.07, 6.45) is 3.94. The number of thiophene rings is 2. The van der Waals surface area contributed by atoms with Crippen molar-refractivity contribution in [2.24, 2.45) is 0 Å². The van der Waals surface area contributed by atoms with Gasteiger partial charge in [-0.2, -0.15) is 0 Å². The minimum absolute atomic E-state index is 0.133. The molecule has 4 heterocycles. The number of piperidine rings is 1. The molecule has 0 aliphatic carbocycles. The second kappa shape index (κ2) is 9.83. The maximum atomic E-state index is 13.4. The molecule has 1 saturated heterocycles. The summed E-state index contributed by atoms with van der Waals surface area (Å²) in [6.45, 7) is 1.53. The molecule has 5 rings (SSSR count). The Morgan fingerprint density at radius 3 is 2.56 bits per heavy atom. The number of thiazole rings is 1. The highest BCUT2D eigenvalue weighted by Gasteiger charge is 2.28. The minimum atomic E-state index is 0.133. The number of hydrogen-bond acceptors (Lipinski definition) is 5. The number of carbonyl (C=O) groups is 1. The first-order valence-electron chi connectivity index (χ1n) is 10.5. The summed E-state index contributed by atoms with van der Waals surface area (Å²) in [5, 5.41) is 7.40. The van der Waals surface area contributed by atoms with Gasteiger partial charge in [0.1, 0.15) is 0 Å². The van der Waals surface area contributed by atoms with Crippen molar-refractivity contribution >= 4 is 67.5 Å². The Balaban J connectivity index is 1.28. The van der Waals surface area contributed by atoms with Crippen molar-refractivity contribution < 1.29 is 4.79 Å². The Labute approximate surface area is 208 Å². The van der Waals surface area contributed by atoms with Gasteiger partial charge in [0.25, 0.3) is 5.91 Å². The molecule has 32 heavy (non-hydrogen) atoms. The number of nitrogens with zero attached hydrogens (tertiary/aromatic N) is 2. The lowest BCUT2D eigenvalue weighted by Gasteiger charge is -2.31. The Kier molecular flexibility index (Phi) is 6.69. The summed E-state index contributed by atoms with van der Waals surface area (Å²) < 4.78 is 1.06. The zero-order valence-electron chi connectivity index (χ0n) is 17.2. The molecule has 162 valence electrons. The van der Waals surface area contributed by atoms with E-state index in [2.05, 4.69) is 39.5 Å². The van der Waals surface area contributed by atoms with E-state index < -0.39 is 0 Å². The number of amides is 1.